The lowest BCUT2D eigenvalue weighted by Gasteiger charge is -2.22. The fourth-order valence-corrected chi connectivity index (χ4v) is 4.71. The van der Waals surface area contributed by atoms with Gasteiger partial charge in [0.2, 0.25) is 5.43 Å². The second-order valence-corrected chi connectivity index (χ2v) is 9.81. The van der Waals surface area contributed by atoms with Crippen molar-refractivity contribution in [2.75, 3.05) is 36.6 Å². The van der Waals surface area contributed by atoms with Crippen LogP contribution in [0.4, 0.5) is 14.5 Å². The molecule has 0 radical (unpaired) electrons. The second-order valence-electron chi connectivity index (χ2n) is 9.02. The first-order valence-electron chi connectivity index (χ1n) is 13.4. The normalized spacial score (nSPS) is 11.0. The Morgan fingerprint density at radius 2 is 1.54 bits per heavy atom. The van der Waals surface area contributed by atoms with Crippen LogP contribution in [0.2, 0.25) is 0 Å². The molecule has 216 valence electrons. The van der Waals surface area contributed by atoms with Gasteiger partial charge in [-0.15, -0.1) is 0 Å². The van der Waals surface area contributed by atoms with E-state index in [0.29, 0.717) is 48.3 Å². The molecular formula is C31H31BrF2N2O5. The molecule has 4 aromatic rings. The lowest BCUT2D eigenvalue weighted by Crippen LogP contribution is -2.35. The van der Waals surface area contributed by atoms with Crippen LogP contribution in [-0.2, 0) is 0 Å². The standard InChI is InChI=1S/C31H31BrF2N2O5/c1-4-35(22-13-20(33)12-21(34)14-22)31(38)28-19-36(23-15-25(39-5-2)17-26(16-23)40-6-3)29-18-24(41-11-7-10-32)8-9-27(29)30(28)37/h8-9,12-19H,4-7,10-11H2,1-3H3. The first-order valence-corrected chi connectivity index (χ1v) is 14.5. The van der Waals surface area contributed by atoms with Gasteiger partial charge in [-0.05, 0) is 51.5 Å². The molecule has 0 atom stereocenters. The molecular weight excluding hydrogens is 598 g/mol. The summed E-state index contributed by atoms with van der Waals surface area (Å²) in [5.41, 5.74) is 0.398. The number of amides is 1. The predicted octanol–water partition coefficient (Wildman–Crippen LogP) is 6.90. The number of alkyl halides is 1. The Hall–Kier alpha value is -3.92. The molecule has 1 heterocycles. The van der Waals surface area contributed by atoms with Gasteiger partial charge in [-0.25, -0.2) is 8.78 Å². The smallest absolute Gasteiger partial charge is 0.263 e. The van der Waals surface area contributed by atoms with Gasteiger partial charge >= 0.3 is 0 Å². The van der Waals surface area contributed by atoms with Crippen molar-refractivity contribution in [2.24, 2.45) is 0 Å². The second kappa shape index (κ2) is 13.6. The number of anilines is 1. The fourth-order valence-electron chi connectivity index (χ4n) is 4.49. The van der Waals surface area contributed by atoms with Crippen LogP contribution in [0.25, 0.3) is 16.6 Å². The topological polar surface area (TPSA) is 70.0 Å². The van der Waals surface area contributed by atoms with Crippen LogP contribution in [-0.4, -0.2) is 42.2 Å². The van der Waals surface area contributed by atoms with Crippen molar-refractivity contribution in [3.05, 3.63) is 88.2 Å². The van der Waals surface area contributed by atoms with E-state index in [9.17, 15) is 18.4 Å². The van der Waals surface area contributed by atoms with Crippen molar-refractivity contribution in [1.29, 1.82) is 0 Å². The van der Waals surface area contributed by atoms with Crippen molar-refractivity contribution in [3.63, 3.8) is 0 Å². The van der Waals surface area contributed by atoms with Gasteiger partial charge in [0.25, 0.3) is 5.91 Å². The molecule has 0 bridgehead atoms. The van der Waals surface area contributed by atoms with Crippen molar-refractivity contribution >= 4 is 38.4 Å². The zero-order valence-corrected chi connectivity index (χ0v) is 24.7. The molecule has 0 saturated carbocycles. The van der Waals surface area contributed by atoms with Gasteiger partial charge in [-0.2, -0.15) is 0 Å². The number of hydrogen-bond donors (Lipinski definition) is 0. The minimum atomic E-state index is -0.828. The Labute approximate surface area is 245 Å². The number of fused-ring (bicyclic) bond motifs is 1. The van der Waals surface area contributed by atoms with Gasteiger partial charge in [0.15, 0.2) is 0 Å². The van der Waals surface area contributed by atoms with E-state index < -0.39 is 23.0 Å². The van der Waals surface area contributed by atoms with E-state index in [1.807, 2.05) is 13.8 Å². The molecule has 0 N–H and O–H groups in total. The Morgan fingerprint density at radius 3 is 2.12 bits per heavy atom. The molecule has 1 amide bonds. The Bertz CT molecular complexity index is 1560. The third kappa shape index (κ3) is 6.87. The third-order valence-electron chi connectivity index (χ3n) is 6.24. The van der Waals surface area contributed by atoms with Gasteiger partial charge in [0.05, 0.1) is 31.0 Å². The number of hydrogen-bond acceptors (Lipinski definition) is 5. The van der Waals surface area contributed by atoms with Gasteiger partial charge in [-0.3, -0.25) is 9.59 Å². The maximum Gasteiger partial charge on any atom is 0.263 e. The van der Waals surface area contributed by atoms with E-state index in [1.54, 1.807) is 47.9 Å². The molecule has 7 nitrogen and oxygen atoms in total. The molecule has 0 aliphatic heterocycles. The number of benzene rings is 3. The van der Waals surface area contributed by atoms with Crippen LogP contribution < -0.4 is 24.5 Å². The molecule has 0 unspecified atom stereocenters. The summed E-state index contributed by atoms with van der Waals surface area (Å²) in [6.45, 7) is 6.79. The number of halogens is 3. The zero-order chi connectivity index (χ0) is 29.5. The van der Waals surface area contributed by atoms with Gasteiger partial charge < -0.3 is 23.7 Å². The summed E-state index contributed by atoms with van der Waals surface area (Å²) in [6.07, 6.45) is 2.23. The van der Waals surface area contributed by atoms with Gasteiger partial charge in [-0.1, -0.05) is 15.9 Å². The molecule has 0 fully saturated rings. The summed E-state index contributed by atoms with van der Waals surface area (Å²) in [4.78, 5) is 28.7. The number of aromatic nitrogens is 1. The van der Waals surface area contributed by atoms with Crippen LogP contribution in [0.1, 0.15) is 37.6 Å². The highest BCUT2D eigenvalue weighted by molar-refractivity contribution is 9.09. The Balaban J connectivity index is 1.95. The summed E-state index contributed by atoms with van der Waals surface area (Å²) in [5.74, 6) is -0.702. The highest BCUT2D eigenvalue weighted by Crippen LogP contribution is 2.30. The minimum absolute atomic E-state index is 0.00793. The van der Waals surface area contributed by atoms with Crippen LogP contribution >= 0.6 is 15.9 Å². The lowest BCUT2D eigenvalue weighted by molar-refractivity contribution is 0.0987. The average molecular weight is 629 g/mol. The summed E-state index contributed by atoms with van der Waals surface area (Å²) < 4.78 is 47.2. The van der Waals surface area contributed by atoms with Crippen molar-refractivity contribution in [3.8, 4) is 22.9 Å². The SMILES string of the molecule is CCOc1cc(OCC)cc(-n2cc(C(=O)N(CC)c3cc(F)cc(F)c3)c(=O)c3ccc(OCCCBr)cc32)c1. The molecule has 3 aromatic carbocycles. The summed E-state index contributed by atoms with van der Waals surface area (Å²) >= 11 is 3.39. The number of carbonyl (C=O) groups excluding carboxylic acids is 1. The lowest BCUT2D eigenvalue weighted by atomic mass is 10.1. The van der Waals surface area contributed by atoms with E-state index in [0.717, 1.165) is 30.0 Å². The summed E-state index contributed by atoms with van der Waals surface area (Å²) in [6, 6.07) is 13.2. The van der Waals surface area contributed by atoms with Crippen LogP contribution in [0.5, 0.6) is 17.2 Å². The number of nitrogens with zero attached hydrogens (tertiary/aromatic N) is 2. The van der Waals surface area contributed by atoms with E-state index >= 15 is 0 Å². The van der Waals surface area contributed by atoms with Crippen molar-refractivity contribution in [2.45, 2.75) is 27.2 Å². The van der Waals surface area contributed by atoms with Crippen LogP contribution in [0.15, 0.2) is 65.6 Å². The Kier molecular flexibility index (Phi) is 9.99. The maximum atomic E-state index is 14.0. The monoisotopic (exact) mass is 628 g/mol. The maximum absolute atomic E-state index is 14.0. The average Bonchev–Trinajstić information content (AvgIpc) is 2.93. The van der Waals surface area contributed by atoms with Gasteiger partial charge in [0.1, 0.15) is 34.4 Å². The fraction of sp³-hybridized carbons (Fsp3) is 0.290. The van der Waals surface area contributed by atoms with Gasteiger partial charge in [0, 0.05) is 59.5 Å². The number of carbonyl (C=O) groups is 1. The quantitative estimate of drug-likeness (QED) is 0.126. The highest BCUT2D eigenvalue weighted by atomic mass is 79.9. The summed E-state index contributed by atoms with van der Waals surface area (Å²) in [5, 5.41) is 1.05. The predicted molar refractivity (Wildman–Crippen MR) is 159 cm³/mol. The first kappa shape index (κ1) is 30.0. The molecule has 1 aromatic heterocycles. The van der Waals surface area contributed by atoms with E-state index in [-0.39, 0.29) is 23.2 Å². The molecule has 41 heavy (non-hydrogen) atoms. The van der Waals surface area contributed by atoms with Crippen LogP contribution in [0, 0.1) is 11.6 Å². The number of pyridine rings is 1. The molecule has 0 aliphatic carbocycles. The third-order valence-corrected chi connectivity index (χ3v) is 6.80. The summed E-state index contributed by atoms with van der Waals surface area (Å²) in [7, 11) is 0. The van der Waals surface area contributed by atoms with Crippen molar-refractivity contribution < 1.29 is 27.8 Å². The largest absolute Gasteiger partial charge is 0.494 e. The molecule has 0 spiro atoms. The number of rotatable bonds is 12. The minimum Gasteiger partial charge on any atom is -0.494 e. The molecule has 0 saturated heterocycles. The van der Waals surface area contributed by atoms with Crippen molar-refractivity contribution in [1.82, 2.24) is 4.57 Å². The molecule has 10 heteroatoms. The van der Waals surface area contributed by atoms with E-state index in [4.69, 9.17) is 14.2 Å². The first-order chi connectivity index (χ1) is 19.8. The number of ether oxygens (including phenoxy) is 3. The highest BCUT2D eigenvalue weighted by Gasteiger charge is 2.23. The Morgan fingerprint density at radius 1 is 0.878 bits per heavy atom. The van der Waals surface area contributed by atoms with E-state index in [2.05, 4.69) is 15.9 Å². The molecule has 4 rings (SSSR count). The van der Waals surface area contributed by atoms with Crippen LogP contribution in [0.3, 0.4) is 0 Å². The zero-order valence-electron chi connectivity index (χ0n) is 23.1. The molecule has 0 aliphatic rings. The van der Waals surface area contributed by atoms with E-state index in [1.165, 1.54) is 11.1 Å².